The number of nitrogens with zero attached hydrogens (tertiary/aromatic N) is 2. The van der Waals surface area contributed by atoms with Crippen LogP contribution in [0, 0.1) is 5.82 Å². The minimum Gasteiger partial charge on any atom is -0.490 e. The van der Waals surface area contributed by atoms with E-state index in [0.717, 1.165) is 0 Å². The lowest BCUT2D eigenvalue weighted by Gasteiger charge is -2.39. The number of ether oxygens (including phenoxy) is 1. The van der Waals surface area contributed by atoms with Crippen LogP contribution in [-0.2, 0) is 14.4 Å². The number of primary amides is 1. The van der Waals surface area contributed by atoms with E-state index in [1.54, 1.807) is 12.1 Å². The molecule has 1 heterocycles. The largest absolute Gasteiger partial charge is 0.490 e. The van der Waals surface area contributed by atoms with Gasteiger partial charge >= 0.3 is 0 Å². The summed E-state index contributed by atoms with van der Waals surface area (Å²) < 4.78 is 18.7. The van der Waals surface area contributed by atoms with Crippen LogP contribution in [-0.4, -0.2) is 59.8 Å². The number of benzene rings is 1. The van der Waals surface area contributed by atoms with E-state index in [0.29, 0.717) is 6.54 Å². The van der Waals surface area contributed by atoms with Crippen LogP contribution in [0.1, 0.15) is 13.3 Å². The number of rotatable bonds is 5. The van der Waals surface area contributed by atoms with Crippen LogP contribution in [0.25, 0.3) is 0 Å². The average Bonchev–Trinajstić information content (AvgIpc) is 2.55. The van der Waals surface area contributed by atoms with E-state index in [2.05, 4.69) is 0 Å². The highest BCUT2D eigenvalue weighted by Crippen LogP contribution is 2.16. The van der Waals surface area contributed by atoms with Crippen molar-refractivity contribution in [3.8, 4) is 5.75 Å². The fourth-order valence-electron chi connectivity index (χ4n) is 2.60. The van der Waals surface area contributed by atoms with Crippen molar-refractivity contribution in [1.82, 2.24) is 9.80 Å². The predicted octanol–water partition coefficient (Wildman–Crippen LogP) is 0.139. The van der Waals surface area contributed by atoms with Crippen molar-refractivity contribution in [2.24, 2.45) is 5.73 Å². The summed E-state index contributed by atoms with van der Waals surface area (Å²) in [7, 11) is 0. The Morgan fingerprint density at radius 2 is 2.00 bits per heavy atom. The van der Waals surface area contributed by atoms with Crippen molar-refractivity contribution in [3.63, 3.8) is 0 Å². The minimum atomic E-state index is -0.826. The highest BCUT2D eigenvalue weighted by Gasteiger charge is 2.34. The number of hydrogen-bond acceptors (Lipinski definition) is 4. The highest BCUT2D eigenvalue weighted by atomic mass is 19.1. The molecule has 1 saturated heterocycles. The van der Waals surface area contributed by atoms with Gasteiger partial charge in [0.05, 0.1) is 19.6 Å². The first kappa shape index (κ1) is 17.7. The average molecular weight is 337 g/mol. The number of carbonyl (C=O) groups is 3. The number of para-hydroxylation sites is 1. The number of amides is 3. The molecule has 0 unspecified atom stereocenters. The second kappa shape index (κ2) is 7.76. The Bertz CT molecular complexity index is 638. The van der Waals surface area contributed by atoms with Crippen LogP contribution in [0.4, 0.5) is 4.39 Å². The van der Waals surface area contributed by atoms with Crippen LogP contribution < -0.4 is 10.5 Å². The third kappa shape index (κ3) is 4.21. The Labute approximate surface area is 139 Å². The second-order valence-electron chi connectivity index (χ2n) is 5.50. The van der Waals surface area contributed by atoms with Crippen LogP contribution in [0.3, 0.4) is 0 Å². The number of nitrogens with two attached hydrogens (primary N) is 1. The van der Waals surface area contributed by atoms with Gasteiger partial charge in [0.15, 0.2) is 11.6 Å². The molecule has 2 N–H and O–H groups in total. The van der Waals surface area contributed by atoms with Crippen molar-refractivity contribution >= 4 is 17.7 Å². The lowest BCUT2D eigenvalue weighted by atomic mass is 10.1. The molecule has 0 aliphatic carbocycles. The van der Waals surface area contributed by atoms with Gasteiger partial charge in [-0.1, -0.05) is 12.1 Å². The third-order valence-electron chi connectivity index (χ3n) is 3.88. The molecule has 2 rings (SSSR count). The van der Waals surface area contributed by atoms with Gasteiger partial charge in [0, 0.05) is 20.0 Å². The smallest absolute Gasteiger partial charge is 0.242 e. The predicted molar refractivity (Wildman–Crippen MR) is 83.5 cm³/mol. The van der Waals surface area contributed by atoms with Crippen molar-refractivity contribution in [1.29, 1.82) is 0 Å². The minimum absolute atomic E-state index is 0.0218. The molecule has 1 aliphatic rings. The first-order chi connectivity index (χ1) is 11.4. The van der Waals surface area contributed by atoms with Crippen molar-refractivity contribution in [2.75, 3.05) is 26.2 Å². The summed E-state index contributed by atoms with van der Waals surface area (Å²) >= 11 is 0. The number of hydrogen-bond donors (Lipinski definition) is 1. The van der Waals surface area contributed by atoms with Gasteiger partial charge in [-0.05, 0) is 12.1 Å². The summed E-state index contributed by atoms with van der Waals surface area (Å²) in [6, 6.07) is 5.11. The van der Waals surface area contributed by atoms with E-state index in [-0.39, 0.29) is 43.7 Å². The molecule has 0 saturated carbocycles. The Hall–Kier alpha value is -2.64. The maximum absolute atomic E-state index is 13.4. The fourth-order valence-corrected chi connectivity index (χ4v) is 2.60. The van der Waals surface area contributed by atoms with Gasteiger partial charge in [0.2, 0.25) is 17.7 Å². The molecule has 1 aromatic carbocycles. The third-order valence-corrected chi connectivity index (χ3v) is 3.88. The lowest BCUT2D eigenvalue weighted by molar-refractivity contribution is -0.146. The van der Waals surface area contributed by atoms with Gasteiger partial charge in [0.1, 0.15) is 6.04 Å². The zero-order chi connectivity index (χ0) is 17.7. The lowest BCUT2D eigenvalue weighted by Crippen LogP contribution is -2.60. The first-order valence-corrected chi connectivity index (χ1v) is 7.61. The molecular weight excluding hydrogens is 317 g/mol. The molecular formula is C16H20FN3O4. The van der Waals surface area contributed by atoms with E-state index < -0.39 is 17.8 Å². The summed E-state index contributed by atoms with van der Waals surface area (Å²) in [4.78, 5) is 38.1. The summed E-state index contributed by atoms with van der Waals surface area (Å²) in [6.45, 7) is 2.02. The van der Waals surface area contributed by atoms with Gasteiger partial charge in [-0.2, -0.15) is 0 Å². The Morgan fingerprint density at radius 1 is 1.29 bits per heavy atom. The first-order valence-electron chi connectivity index (χ1n) is 7.61. The molecule has 3 amide bonds. The summed E-state index contributed by atoms with van der Waals surface area (Å²) in [6.07, 6.45) is 0.0416. The molecule has 8 heteroatoms. The van der Waals surface area contributed by atoms with Crippen LogP contribution >= 0.6 is 0 Å². The normalized spacial score (nSPS) is 17.5. The van der Waals surface area contributed by atoms with Gasteiger partial charge in [-0.3, -0.25) is 14.4 Å². The molecule has 0 spiro atoms. The number of piperazine rings is 1. The van der Waals surface area contributed by atoms with Crippen molar-refractivity contribution in [2.45, 2.75) is 19.4 Å². The van der Waals surface area contributed by atoms with E-state index in [1.165, 1.54) is 28.9 Å². The van der Waals surface area contributed by atoms with E-state index in [9.17, 15) is 18.8 Å². The summed E-state index contributed by atoms with van der Waals surface area (Å²) in [5.74, 6) is -1.55. The van der Waals surface area contributed by atoms with E-state index in [1.807, 2.05) is 0 Å². The molecule has 24 heavy (non-hydrogen) atoms. The van der Waals surface area contributed by atoms with Gasteiger partial charge in [-0.15, -0.1) is 0 Å². The summed E-state index contributed by atoms with van der Waals surface area (Å²) in [5, 5.41) is 0. The van der Waals surface area contributed by atoms with E-state index >= 15 is 0 Å². The Morgan fingerprint density at radius 3 is 2.62 bits per heavy atom. The zero-order valence-corrected chi connectivity index (χ0v) is 13.4. The molecule has 1 fully saturated rings. The topological polar surface area (TPSA) is 92.9 Å². The molecule has 1 atom stereocenters. The standard InChI is InChI=1S/C16H20FN3O4/c1-11(21)20-8-7-19(10-13(20)16(18)23)15(22)6-9-24-14-5-3-2-4-12(14)17/h2-5,13H,6-10H2,1H3,(H2,18,23)/t13-/m0/s1. The molecule has 7 nitrogen and oxygen atoms in total. The fraction of sp³-hybridized carbons (Fsp3) is 0.438. The van der Waals surface area contributed by atoms with Gasteiger partial charge in [-0.25, -0.2) is 4.39 Å². The Balaban J connectivity index is 1.88. The van der Waals surface area contributed by atoms with Crippen molar-refractivity contribution < 1.29 is 23.5 Å². The van der Waals surface area contributed by atoms with E-state index in [4.69, 9.17) is 10.5 Å². The highest BCUT2D eigenvalue weighted by molar-refractivity contribution is 5.87. The molecule has 0 aromatic heterocycles. The molecule has 130 valence electrons. The van der Waals surface area contributed by atoms with Gasteiger partial charge < -0.3 is 20.3 Å². The SMILES string of the molecule is CC(=O)N1CCN(C(=O)CCOc2ccccc2F)C[C@H]1C(N)=O. The molecule has 1 aromatic rings. The van der Waals surface area contributed by atoms with Crippen molar-refractivity contribution in [3.05, 3.63) is 30.1 Å². The van der Waals surface area contributed by atoms with Gasteiger partial charge in [0.25, 0.3) is 0 Å². The van der Waals surface area contributed by atoms with Crippen LogP contribution in [0.2, 0.25) is 0 Å². The quantitative estimate of drug-likeness (QED) is 0.827. The molecule has 1 aliphatic heterocycles. The Kier molecular flexibility index (Phi) is 5.73. The monoisotopic (exact) mass is 337 g/mol. The summed E-state index contributed by atoms with van der Waals surface area (Å²) in [5.41, 5.74) is 5.31. The number of carbonyl (C=O) groups excluding carboxylic acids is 3. The number of halogens is 1. The zero-order valence-electron chi connectivity index (χ0n) is 13.4. The maximum Gasteiger partial charge on any atom is 0.242 e. The molecule has 0 radical (unpaired) electrons. The maximum atomic E-state index is 13.4. The second-order valence-corrected chi connectivity index (χ2v) is 5.50. The van der Waals surface area contributed by atoms with Crippen LogP contribution in [0.15, 0.2) is 24.3 Å². The molecule has 0 bridgehead atoms. The van der Waals surface area contributed by atoms with Crippen LogP contribution in [0.5, 0.6) is 5.75 Å².